The van der Waals surface area contributed by atoms with Gasteiger partial charge in [0, 0.05) is 11.8 Å². The number of carbonyl (C=O) groups is 4. The molecule has 0 fully saturated rings. The Hall–Kier alpha value is -2.76. The number of aldehydes is 4. The maximum absolute atomic E-state index is 11.3. The van der Waals surface area contributed by atoms with Crippen molar-refractivity contribution in [2.45, 2.75) is 24.7 Å². The van der Waals surface area contributed by atoms with Crippen molar-refractivity contribution in [2.75, 3.05) is 0 Å². The average molecular weight is 296 g/mol. The van der Waals surface area contributed by atoms with Gasteiger partial charge in [0.25, 0.3) is 0 Å². The first-order valence-corrected chi connectivity index (χ1v) is 7.07. The molecule has 2 bridgehead atoms. The van der Waals surface area contributed by atoms with E-state index in [1.54, 1.807) is 0 Å². The van der Waals surface area contributed by atoms with E-state index in [0.29, 0.717) is 47.9 Å². The minimum atomic E-state index is -0.134. The van der Waals surface area contributed by atoms with Crippen LogP contribution in [0, 0.1) is 0 Å². The van der Waals surface area contributed by atoms with E-state index in [9.17, 15) is 19.2 Å². The van der Waals surface area contributed by atoms with Crippen LogP contribution in [0.5, 0.6) is 0 Å². The van der Waals surface area contributed by atoms with Gasteiger partial charge in [-0.2, -0.15) is 0 Å². The van der Waals surface area contributed by atoms with Gasteiger partial charge < -0.3 is 9.97 Å². The Bertz CT molecular complexity index is 712. The van der Waals surface area contributed by atoms with Crippen molar-refractivity contribution in [3.63, 3.8) is 0 Å². The summed E-state index contributed by atoms with van der Waals surface area (Å²) in [5.74, 6) is -0.268. The van der Waals surface area contributed by atoms with Crippen molar-refractivity contribution in [2.24, 2.45) is 0 Å². The van der Waals surface area contributed by atoms with Crippen molar-refractivity contribution < 1.29 is 19.2 Å². The van der Waals surface area contributed by atoms with Gasteiger partial charge in [-0.25, -0.2) is 0 Å². The van der Waals surface area contributed by atoms with Gasteiger partial charge in [-0.05, 0) is 35.1 Å². The van der Waals surface area contributed by atoms with Crippen molar-refractivity contribution in [3.8, 4) is 0 Å². The number of aromatic amines is 2. The van der Waals surface area contributed by atoms with Gasteiger partial charge in [0.1, 0.15) is 0 Å². The van der Waals surface area contributed by atoms with E-state index >= 15 is 0 Å². The molecule has 2 aromatic heterocycles. The van der Waals surface area contributed by atoms with Crippen LogP contribution in [0.15, 0.2) is 0 Å². The molecule has 0 amide bonds. The minimum absolute atomic E-state index is 0.134. The molecule has 110 valence electrons. The van der Waals surface area contributed by atoms with Crippen LogP contribution in [-0.2, 0) is 0 Å². The first-order chi connectivity index (χ1) is 10.7. The summed E-state index contributed by atoms with van der Waals surface area (Å²) in [4.78, 5) is 51.1. The van der Waals surface area contributed by atoms with E-state index in [1.807, 2.05) is 0 Å². The third-order valence-corrected chi connectivity index (χ3v) is 4.89. The molecule has 0 unspecified atom stereocenters. The summed E-state index contributed by atoms with van der Waals surface area (Å²) in [6, 6.07) is 0. The molecule has 0 saturated heterocycles. The van der Waals surface area contributed by atoms with Gasteiger partial charge in [-0.15, -0.1) is 0 Å². The molecule has 22 heavy (non-hydrogen) atoms. The first-order valence-electron chi connectivity index (χ1n) is 7.07. The van der Waals surface area contributed by atoms with Crippen molar-refractivity contribution in [3.05, 3.63) is 45.0 Å². The van der Waals surface area contributed by atoms with Crippen LogP contribution >= 0.6 is 0 Å². The first kappa shape index (κ1) is 12.9. The summed E-state index contributed by atoms with van der Waals surface area (Å²) in [7, 11) is 0. The number of carbonyl (C=O) groups excluding carboxylic acids is 4. The molecular formula is C16H12N2O4. The van der Waals surface area contributed by atoms with Gasteiger partial charge in [-0.1, -0.05) is 0 Å². The SMILES string of the molecule is O=Cc1[nH]c(C=O)c2c1C1CCC2c2c(C=O)[nH]c(C=O)c21. The Morgan fingerprint density at radius 3 is 1.09 bits per heavy atom. The van der Waals surface area contributed by atoms with E-state index in [0.717, 1.165) is 35.1 Å². The molecule has 5 rings (SSSR count). The Balaban J connectivity index is 2.08. The summed E-state index contributed by atoms with van der Waals surface area (Å²) in [5, 5.41) is 0. The quantitative estimate of drug-likeness (QED) is 0.842. The minimum Gasteiger partial charge on any atom is -0.350 e. The predicted octanol–water partition coefficient (Wildman–Crippen LogP) is 1.96. The topological polar surface area (TPSA) is 99.9 Å². The molecule has 0 aromatic carbocycles. The number of hydrogen-bond donors (Lipinski definition) is 2. The molecule has 2 N–H and O–H groups in total. The van der Waals surface area contributed by atoms with Gasteiger partial charge in [-0.3, -0.25) is 19.2 Å². The highest BCUT2D eigenvalue weighted by Gasteiger charge is 2.45. The Labute approximate surface area is 124 Å². The van der Waals surface area contributed by atoms with Gasteiger partial charge in [0.2, 0.25) is 0 Å². The second-order valence-electron chi connectivity index (χ2n) is 5.71. The lowest BCUT2D eigenvalue weighted by atomic mass is 9.64. The number of aromatic nitrogens is 2. The van der Waals surface area contributed by atoms with Crippen LogP contribution in [0.1, 0.15) is 88.9 Å². The van der Waals surface area contributed by atoms with Crippen LogP contribution in [0.3, 0.4) is 0 Å². The van der Waals surface area contributed by atoms with Crippen LogP contribution < -0.4 is 0 Å². The monoisotopic (exact) mass is 296 g/mol. The molecular weight excluding hydrogens is 284 g/mol. The zero-order chi connectivity index (χ0) is 15.4. The standard InChI is InChI=1S/C16H12N2O4/c19-3-9-13-7-1-2-8(15(13)11(5-21)17-9)16-12(6-22)18-10(4-20)14(7)16/h3-8,17-18H,1-2H2. The number of hydrogen-bond acceptors (Lipinski definition) is 4. The molecule has 2 heterocycles. The Morgan fingerprint density at radius 1 is 0.591 bits per heavy atom. The molecule has 6 heteroatoms. The van der Waals surface area contributed by atoms with Crippen molar-refractivity contribution in [1.82, 2.24) is 9.97 Å². The fraction of sp³-hybridized carbons (Fsp3) is 0.250. The van der Waals surface area contributed by atoms with Gasteiger partial charge >= 0.3 is 0 Å². The number of rotatable bonds is 4. The summed E-state index contributed by atoms with van der Waals surface area (Å²) >= 11 is 0. The van der Waals surface area contributed by atoms with Crippen LogP contribution in [-0.4, -0.2) is 35.1 Å². The predicted molar refractivity (Wildman–Crippen MR) is 76.1 cm³/mol. The smallest absolute Gasteiger partial charge is 0.166 e. The highest BCUT2D eigenvalue weighted by atomic mass is 16.1. The molecule has 0 saturated carbocycles. The van der Waals surface area contributed by atoms with Crippen LogP contribution in [0.25, 0.3) is 0 Å². The largest absolute Gasteiger partial charge is 0.350 e. The number of H-pyrrole nitrogens is 2. The third kappa shape index (κ3) is 1.34. The molecule has 3 aliphatic rings. The summed E-state index contributed by atoms with van der Waals surface area (Å²) < 4.78 is 0. The highest BCUT2D eigenvalue weighted by Crippen LogP contribution is 2.56. The summed E-state index contributed by atoms with van der Waals surface area (Å²) in [6.45, 7) is 0. The van der Waals surface area contributed by atoms with E-state index in [2.05, 4.69) is 9.97 Å². The zero-order valence-electron chi connectivity index (χ0n) is 11.5. The van der Waals surface area contributed by atoms with Gasteiger partial charge in [0.15, 0.2) is 25.1 Å². The molecule has 0 radical (unpaired) electrons. The lowest BCUT2D eigenvalue weighted by Gasteiger charge is -2.37. The maximum atomic E-state index is 11.3. The highest BCUT2D eigenvalue weighted by molar-refractivity contribution is 5.90. The molecule has 3 aliphatic carbocycles. The third-order valence-electron chi connectivity index (χ3n) is 4.89. The maximum Gasteiger partial charge on any atom is 0.166 e. The fourth-order valence-electron chi connectivity index (χ4n) is 4.21. The van der Waals surface area contributed by atoms with Gasteiger partial charge in [0.05, 0.1) is 22.8 Å². The lowest BCUT2D eigenvalue weighted by Crippen LogP contribution is -2.25. The van der Waals surface area contributed by atoms with Crippen LogP contribution in [0.2, 0.25) is 0 Å². The number of fused-ring (bicyclic) bond motifs is 1. The summed E-state index contributed by atoms with van der Waals surface area (Å²) in [6.07, 6.45) is 4.41. The Morgan fingerprint density at radius 2 is 0.864 bits per heavy atom. The summed E-state index contributed by atoms with van der Waals surface area (Å²) in [5.41, 5.74) is 4.79. The Kier molecular flexibility index (Phi) is 2.57. The van der Waals surface area contributed by atoms with E-state index in [1.165, 1.54) is 0 Å². The molecule has 0 atom stereocenters. The van der Waals surface area contributed by atoms with Crippen molar-refractivity contribution in [1.29, 1.82) is 0 Å². The number of nitrogens with one attached hydrogen (secondary N) is 2. The van der Waals surface area contributed by atoms with Crippen LogP contribution in [0.4, 0.5) is 0 Å². The molecule has 0 spiro atoms. The molecule has 2 aromatic rings. The zero-order valence-corrected chi connectivity index (χ0v) is 11.5. The lowest BCUT2D eigenvalue weighted by molar-refractivity contribution is 0.110. The van der Waals surface area contributed by atoms with Crippen molar-refractivity contribution >= 4 is 25.1 Å². The molecule has 0 aliphatic heterocycles. The fourth-order valence-corrected chi connectivity index (χ4v) is 4.21. The van der Waals surface area contributed by atoms with E-state index in [4.69, 9.17) is 0 Å². The second-order valence-corrected chi connectivity index (χ2v) is 5.71. The van der Waals surface area contributed by atoms with E-state index in [-0.39, 0.29) is 11.8 Å². The van der Waals surface area contributed by atoms with E-state index < -0.39 is 0 Å². The average Bonchev–Trinajstić information content (AvgIpc) is 3.15. The normalized spacial score (nSPS) is 21.1. The molecule has 6 nitrogen and oxygen atoms in total. The second kappa shape index (κ2) is 4.37.